The summed E-state index contributed by atoms with van der Waals surface area (Å²) in [6.07, 6.45) is 0. The lowest BCUT2D eigenvalue weighted by molar-refractivity contribution is -0.284. The van der Waals surface area contributed by atoms with Gasteiger partial charge < -0.3 is 9.84 Å². The Kier molecular flexibility index (Phi) is 5.54. The summed E-state index contributed by atoms with van der Waals surface area (Å²) in [5.74, 6) is 1.62. The van der Waals surface area contributed by atoms with E-state index in [1.807, 2.05) is 13.8 Å². The molecule has 0 aliphatic heterocycles. The van der Waals surface area contributed by atoms with Crippen molar-refractivity contribution in [1.29, 1.82) is 0 Å². The van der Waals surface area contributed by atoms with E-state index in [1.54, 1.807) is 31.4 Å². The Hall–Kier alpha value is -2.15. The maximum Gasteiger partial charge on any atom is 0.328 e. The molecule has 2 rings (SSSR count). The van der Waals surface area contributed by atoms with E-state index in [0.717, 1.165) is 10.1 Å². The van der Waals surface area contributed by atoms with Gasteiger partial charge in [-0.15, -0.1) is 0 Å². The number of H-pyrrole nitrogens is 1. The normalized spacial score (nSPS) is 11.0. The van der Waals surface area contributed by atoms with Gasteiger partial charge in [-0.1, -0.05) is 12.1 Å². The fourth-order valence-electron chi connectivity index (χ4n) is 2.34. The second-order valence-electron chi connectivity index (χ2n) is 4.90. The average molecular weight is 336 g/mol. The molecule has 1 aromatic carbocycles. The van der Waals surface area contributed by atoms with Crippen molar-refractivity contribution >= 4 is 10.9 Å². The molecular weight excluding hydrogens is 316 g/mol. The number of benzene rings is 1. The third-order valence-corrected chi connectivity index (χ3v) is 5.93. The van der Waals surface area contributed by atoms with Crippen LogP contribution in [0.5, 0.6) is 11.6 Å². The Bertz CT molecular complexity index is 776. The standard InChI is InChI=1S/C16H20N2O4S/c1-4-23(5-2)13-14(19)17-16(21)18(15(13)20)10-11-6-8-12(22-3)9-7-11/h6-9H,4-5,10H2,1-3H3,(H-,17,19,20,21). The van der Waals surface area contributed by atoms with E-state index >= 15 is 0 Å². The number of ether oxygens (including phenoxy) is 1. The van der Waals surface area contributed by atoms with Crippen molar-refractivity contribution in [3.05, 3.63) is 50.7 Å². The van der Waals surface area contributed by atoms with Crippen LogP contribution in [-0.2, 0) is 17.4 Å². The molecule has 1 aromatic heterocycles. The molecule has 0 atom stereocenters. The van der Waals surface area contributed by atoms with Crippen LogP contribution in [0.2, 0.25) is 0 Å². The van der Waals surface area contributed by atoms with Gasteiger partial charge in [0.15, 0.2) is 0 Å². The minimum atomic E-state index is -0.671. The number of aromatic nitrogens is 2. The van der Waals surface area contributed by atoms with Gasteiger partial charge in [-0.2, -0.15) is 0 Å². The molecule has 0 fully saturated rings. The molecule has 2 aromatic rings. The second kappa shape index (κ2) is 7.41. The van der Waals surface area contributed by atoms with Crippen LogP contribution in [0.15, 0.2) is 38.8 Å². The summed E-state index contributed by atoms with van der Waals surface area (Å²) in [6, 6.07) is 7.10. The van der Waals surface area contributed by atoms with Crippen LogP contribution in [0.1, 0.15) is 19.4 Å². The van der Waals surface area contributed by atoms with Crippen LogP contribution < -0.4 is 21.1 Å². The number of nitrogens with zero attached hydrogens (tertiary/aromatic N) is 1. The molecule has 0 radical (unpaired) electrons. The van der Waals surface area contributed by atoms with Crippen molar-refractivity contribution in [1.82, 2.24) is 9.55 Å². The maximum absolute atomic E-state index is 12.6. The van der Waals surface area contributed by atoms with E-state index in [-0.39, 0.29) is 11.4 Å². The highest BCUT2D eigenvalue weighted by Gasteiger charge is 2.24. The Morgan fingerprint density at radius 2 is 1.78 bits per heavy atom. The molecule has 23 heavy (non-hydrogen) atoms. The predicted molar refractivity (Wildman–Crippen MR) is 89.6 cm³/mol. The van der Waals surface area contributed by atoms with Crippen molar-refractivity contribution in [3.63, 3.8) is 0 Å². The van der Waals surface area contributed by atoms with Gasteiger partial charge in [0.1, 0.15) is 17.3 Å². The van der Waals surface area contributed by atoms with Crippen molar-refractivity contribution in [2.45, 2.75) is 25.3 Å². The Morgan fingerprint density at radius 1 is 1.17 bits per heavy atom. The molecule has 0 saturated carbocycles. The van der Waals surface area contributed by atoms with Crippen LogP contribution in [0.4, 0.5) is 0 Å². The quantitative estimate of drug-likeness (QED) is 0.786. The number of rotatable bonds is 6. The van der Waals surface area contributed by atoms with Crippen molar-refractivity contribution in [3.8, 4) is 11.6 Å². The number of aromatic amines is 1. The molecule has 0 spiro atoms. The van der Waals surface area contributed by atoms with E-state index < -0.39 is 28.0 Å². The SMILES string of the molecule is CC[S+](CC)c1c([O-])n(Cc2ccc(OC)cc2)c(=O)[nH]c1=O. The molecule has 0 bridgehead atoms. The molecule has 0 saturated heterocycles. The summed E-state index contributed by atoms with van der Waals surface area (Å²) in [4.78, 5) is 26.5. The van der Waals surface area contributed by atoms with Crippen molar-refractivity contribution in [2.75, 3.05) is 18.6 Å². The van der Waals surface area contributed by atoms with Crippen LogP contribution >= 0.6 is 0 Å². The Morgan fingerprint density at radius 3 is 2.30 bits per heavy atom. The van der Waals surface area contributed by atoms with Gasteiger partial charge in [-0.05, 0) is 31.5 Å². The molecule has 0 aliphatic carbocycles. The Labute approximate surface area is 137 Å². The molecule has 124 valence electrons. The monoisotopic (exact) mass is 336 g/mol. The van der Waals surface area contributed by atoms with Gasteiger partial charge in [0.25, 0.3) is 0 Å². The summed E-state index contributed by atoms with van der Waals surface area (Å²) in [7, 11) is 1.13. The van der Waals surface area contributed by atoms with Gasteiger partial charge in [0.2, 0.25) is 4.90 Å². The highest BCUT2D eigenvalue weighted by atomic mass is 32.2. The molecule has 6 nitrogen and oxygen atoms in total. The predicted octanol–water partition coefficient (Wildman–Crippen LogP) is 0.684. The largest absolute Gasteiger partial charge is 0.856 e. The van der Waals surface area contributed by atoms with Gasteiger partial charge in [-0.3, -0.25) is 14.3 Å². The lowest BCUT2D eigenvalue weighted by Crippen LogP contribution is -2.37. The van der Waals surface area contributed by atoms with Crippen LogP contribution in [0.3, 0.4) is 0 Å². The summed E-state index contributed by atoms with van der Waals surface area (Å²) in [5.41, 5.74) is -0.441. The topological polar surface area (TPSA) is 87.2 Å². The zero-order valence-corrected chi connectivity index (χ0v) is 14.2. The lowest BCUT2D eigenvalue weighted by Gasteiger charge is -2.18. The van der Waals surface area contributed by atoms with Gasteiger partial charge in [0.05, 0.1) is 13.7 Å². The first-order valence-corrected chi connectivity index (χ1v) is 8.92. The maximum atomic E-state index is 12.6. The van der Waals surface area contributed by atoms with Crippen LogP contribution in [-0.4, -0.2) is 28.2 Å². The highest BCUT2D eigenvalue weighted by Crippen LogP contribution is 2.19. The number of methoxy groups -OCH3 is 1. The summed E-state index contributed by atoms with van der Waals surface area (Å²) in [6.45, 7) is 3.99. The summed E-state index contributed by atoms with van der Waals surface area (Å²) in [5, 5.41) is 12.6. The smallest absolute Gasteiger partial charge is 0.328 e. The molecule has 1 N–H and O–H groups in total. The lowest BCUT2D eigenvalue weighted by atomic mass is 10.2. The molecule has 1 heterocycles. The third-order valence-electron chi connectivity index (χ3n) is 3.60. The Balaban J connectivity index is 2.47. The zero-order chi connectivity index (χ0) is 17.0. The minimum absolute atomic E-state index is 0.121. The van der Waals surface area contributed by atoms with E-state index in [1.165, 1.54) is 0 Å². The van der Waals surface area contributed by atoms with Crippen molar-refractivity contribution in [2.24, 2.45) is 0 Å². The first-order valence-electron chi connectivity index (χ1n) is 7.36. The number of hydrogen-bond donors (Lipinski definition) is 1. The molecule has 0 aliphatic rings. The molecule has 0 unspecified atom stereocenters. The molecule has 7 heteroatoms. The highest BCUT2D eigenvalue weighted by molar-refractivity contribution is 7.96. The summed E-state index contributed by atoms with van der Waals surface area (Å²) >= 11 is 0. The third kappa shape index (κ3) is 3.61. The fourth-order valence-corrected chi connectivity index (χ4v) is 3.99. The van der Waals surface area contributed by atoms with Gasteiger partial charge in [0, 0.05) is 16.8 Å². The fraction of sp³-hybridized carbons (Fsp3) is 0.375. The number of nitrogens with one attached hydrogen (secondary N) is 1. The minimum Gasteiger partial charge on any atom is -0.856 e. The molecule has 0 amide bonds. The van der Waals surface area contributed by atoms with Crippen molar-refractivity contribution < 1.29 is 9.84 Å². The van der Waals surface area contributed by atoms with E-state index in [0.29, 0.717) is 17.3 Å². The van der Waals surface area contributed by atoms with Gasteiger partial charge >= 0.3 is 11.2 Å². The van der Waals surface area contributed by atoms with Crippen LogP contribution in [0, 0.1) is 0 Å². The molecular formula is C16H20N2O4S. The first kappa shape index (κ1) is 17.2. The first-order chi connectivity index (χ1) is 11.0. The van der Waals surface area contributed by atoms with E-state index in [2.05, 4.69) is 4.98 Å². The number of hydrogen-bond acceptors (Lipinski definition) is 4. The average Bonchev–Trinajstić information content (AvgIpc) is 2.55. The van der Waals surface area contributed by atoms with Gasteiger partial charge in [-0.25, -0.2) is 4.79 Å². The van der Waals surface area contributed by atoms with E-state index in [9.17, 15) is 14.7 Å². The zero-order valence-electron chi connectivity index (χ0n) is 13.4. The van der Waals surface area contributed by atoms with Crippen LogP contribution in [0.25, 0.3) is 0 Å². The second-order valence-corrected chi connectivity index (χ2v) is 7.45. The van der Waals surface area contributed by atoms with E-state index in [4.69, 9.17) is 4.74 Å². The summed E-state index contributed by atoms with van der Waals surface area (Å²) < 4.78 is 6.17.